The smallest absolute Gasteiger partial charge is 0.317 e. The number of carbonyl (C=O) groups excluding carboxylic acids is 2. The fraction of sp³-hybridized carbons (Fsp3) is 0.565. The number of urea groups is 1. The third-order valence-electron chi connectivity index (χ3n) is 6.77. The molecule has 1 aliphatic carbocycles. The third-order valence-corrected chi connectivity index (χ3v) is 7.09. The number of hydrogen-bond donors (Lipinski definition) is 2. The summed E-state index contributed by atoms with van der Waals surface area (Å²) in [6.45, 7) is 9.42. The topological polar surface area (TPSA) is 68.4 Å². The van der Waals surface area contributed by atoms with Gasteiger partial charge in [0.05, 0.1) is 0 Å². The number of amides is 2. The van der Waals surface area contributed by atoms with Crippen molar-refractivity contribution in [2.24, 2.45) is 0 Å². The molecule has 1 aromatic carbocycles. The van der Waals surface area contributed by atoms with Crippen LogP contribution in [-0.2, 0) is 6.42 Å². The summed E-state index contributed by atoms with van der Waals surface area (Å²) in [5, 5.41) is 5.12. The van der Waals surface area contributed by atoms with Crippen molar-refractivity contribution in [1.82, 2.24) is 20.1 Å². The molecule has 0 radical (unpaired) electrons. The van der Waals surface area contributed by atoms with E-state index in [2.05, 4.69) is 22.1 Å². The van der Waals surface area contributed by atoms with Gasteiger partial charge in [-0.05, 0) is 62.9 Å². The average molecular weight is 431 g/mol. The van der Waals surface area contributed by atoms with Crippen molar-refractivity contribution in [2.45, 2.75) is 58.0 Å². The van der Waals surface area contributed by atoms with Crippen LogP contribution in [0.2, 0.25) is 5.15 Å². The average Bonchev–Trinajstić information content (AvgIpc) is 3.05. The van der Waals surface area contributed by atoms with Gasteiger partial charge in [-0.2, -0.15) is 0 Å². The van der Waals surface area contributed by atoms with Crippen molar-refractivity contribution in [3.8, 4) is 0 Å². The van der Waals surface area contributed by atoms with Gasteiger partial charge in [-0.25, -0.2) is 4.79 Å². The van der Waals surface area contributed by atoms with Crippen molar-refractivity contribution in [3.05, 3.63) is 34.0 Å². The van der Waals surface area contributed by atoms with Gasteiger partial charge in [0.2, 0.25) is 0 Å². The van der Waals surface area contributed by atoms with Gasteiger partial charge < -0.3 is 15.2 Å². The van der Waals surface area contributed by atoms with Crippen LogP contribution < -0.4 is 5.32 Å². The molecule has 6 nitrogen and oxygen atoms in total. The number of fused-ring (bicyclic) bond motifs is 2. The molecule has 2 heterocycles. The van der Waals surface area contributed by atoms with Crippen molar-refractivity contribution in [1.29, 1.82) is 0 Å². The SMILES string of the molecule is CCCN1C[C@@H](NC(=O)N(CC)CC)CC2c3cc(C=O)cc4[nH]c(Cl)c(c34)C[C@H]21. The van der Waals surface area contributed by atoms with Gasteiger partial charge in [-0.15, -0.1) is 0 Å². The molecule has 4 rings (SSSR count). The zero-order chi connectivity index (χ0) is 21.4. The summed E-state index contributed by atoms with van der Waals surface area (Å²) in [7, 11) is 0. The number of benzene rings is 1. The summed E-state index contributed by atoms with van der Waals surface area (Å²) in [6, 6.07) is 4.33. The quantitative estimate of drug-likeness (QED) is 0.675. The Morgan fingerprint density at radius 3 is 2.77 bits per heavy atom. The zero-order valence-corrected chi connectivity index (χ0v) is 18.8. The van der Waals surface area contributed by atoms with E-state index in [1.54, 1.807) is 0 Å². The molecule has 1 aliphatic heterocycles. The molecule has 30 heavy (non-hydrogen) atoms. The standard InChI is InChI=1S/C23H31ClN4O2/c1-4-7-28-12-15(25-23(30)27(5-2)6-3)10-16-17-8-14(13-29)9-19-21(17)18(11-20(16)28)22(24)26-19/h8-9,13,15-16,20,26H,4-7,10-12H2,1-3H3,(H,25,30)/t15-,16?,20+/m0/s1. The molecule has 1 fully saturated rings. The van der Waals surface area contributed by atoms with Crippen LogP contribution in [0.15, 0.2) is 12.1 Å². The van der Waals surface area contributed by atoms with E-state index in [1.165, 1.54) is 10.9 Å². The Hall–Kier alpha value is -2.05. The minimum Gasteiger partial charge on any atom is -0.345 e. The number of halogens is 1. The lowest BCUT2D eigenvalue weighted by Crippen LogP contribution is -2.57. The summed E-state index contributed by atoms with van der Waals surface area (Å²) in [5.41, 5.74) is 3.95. The van der Waals surface area contributed by atoms with E-state index in [9.17, 15) is 9.59 Å². The number of carbonyl (C=O) groups is 2. The van der Waals surface area contributed by atoms with Crippen LogP contribution in [0.25, 0.3) is 10.9 Å². The number of aldehydes is 1. The molecule has 0 spiro atoms. The lowest BCUT2D eigenvalue weighted by Gasteiger charge is -2.47. The number of H-pyrrole nitrogens is 1. The van der Waals surface area contributed by atoms with Crippen LogP contribution in [0.4, 0.5) is 4.79 Å². The highest BCUT2D eigenvalue weighted by Crippen LogP contribution is 2.46. The van der Waals surface area contributed by atoms with Crippen molar-refractivity contribution in [2.75, 3.05) is 26.2 Å². The fourth-order valence-electron chi connectivity index (χ4n) is 5.43. The molecular formula is C23H31ClN4O2. The number of nitrogens with zero attached hydrogens (tertiary/aromatic N) is 2. The predicted octanol–water partition coefficient (Wildman–Crippen LogP) is 4.18. The second-order valence-corrected chi connectivity index (χ2v) is 8.87. The molecule has 0 bridgehead atoms. The molecule has 2 aromatic rings. The highest BCUT2D eigenvalue weighted by atomic mass is 35.5. The summed E-state index contributed by atoms with van der Waals surface area (Å²) < 4.78 is 0. The highest BCUT2D eigenvalue weighted by molar-refractivity contribution is 6.32. The molecule has 3 atom stereocenters. The molecule has 0 saturated carbocycles. The second-order valence-electron chi connectivity index (χ2n) is 8.50. The number of aromatic amines is 1. The first kappa shape index (κ1) is 21.2. The molecule has 2 aliphatic rings. The van der Waals surface area contributed by atoms with E-state index in [1.807, 2.05) is 30.9 Å². The lowest BCUT2D eigenvalue weighted by molar-refractivity contribution is 0.0979. The third kappa shape index (κ3) is 3.60. The van der Waals surface area contributed by atoms with Gasteiger partial charge in [0.15, 0.2) is 0 Å². The minimum atomic E-state index is 0.00729. The van der Waals surface area contributed by atoms with Crippen molar-refractivity contribution >= 4 is 34.8 Å². The Balaban J connectivity index is 1.71. The van der Waals surface area contributed by atoms with Crippen molar-refractivity contribution in [3.63, 3.8) is 0 Å². The van der Waals surface area contributed by atoms with Crippen LogP contribution in [-0.4, -0.2) is 65.4 Å². The molecule has 1 aromatic heterocycles. The van der Waals surface area contributed by atoms with E-state index in [-0.39, 0.29) is 18.0 Å². The Kier molecular flexibility index (Phi) is 6.07. The van der Waals surface area contributed by atoms with Crippen LogP contribution in [0.1, 0.15) is 61.0 Å². The molecule has 2 amide bonds. The molecule has 1 saturated heterocycles. The Labute approximate surface area is 182 Å². The van der Waals surface area contributed by atoms with Gasteiger partial charge in [-0.3, -0.25) is 9.69 Å². The largest absolute Gasteiger partial charge is 0.345 e. The predicted molar refractivity (Wildman–Crippen MR) is 121 cm³/mol. The maximum absolute atomic E-state index is 12.7. The van der Waals surface area contributed by atoms with Crippen LogP contribution >= 0.6 is 11.6 Å². The Bertz CT molecular complexity index is 952. The van der Waals surface area contributed by atoms with Gasteiger partial charge in [-0.1, -0.05) is 18.5 Å². The second kappa shape index (κ2) is 8.60. The molecule has 1 unspecified atom stereocenters. The van der Waals surface area contributed by atoms with Gasteiger partial charge in [0.25, 0.3) is 0 Å². The first-order chi connectivity index (χ1) is 14.5. The van der Waals surface area contributed by atoms with E-state index in [4.69, 9.17) is 11.6 Å². The Morgan fingerprint density at radius 1 is 1.33 bits per heavy atom. The number of hydrogen-bond acceptors (Lipinski definition) is 3. The molecule has 162 valence electrons. The number of piperidine rings is 1. The van der Waals surface area contributed by atoms with Crippen molar-refractivity contribution < 1.29 is 9.59 Å². The Morgan fingerprint density at radius 2 is 2.10 bits per heavy atom. The first-order valence-electron chi connectivity index (χ1n) is 11.1. The normalized spacial score (nSPS) is 23.3. The zero-order valence-electron chi connectivity index (χ0n) is 18.0. The van der Waals surface area contributed by atoms with E-state index < -0.39 is 0 Å². The molecule has 2 N–H and O–H groups in total. The molecular weight excluding hydrogens is 400 g/mol. The van der Waals surface area contributed by atoms with Crippen LogP contribution in [0.3, 0.4) is 0 Å². The maximum Gasteiger partial charge on any atom is 0.317 e. The first-order valence-corrected chi connectivity index (χ1v) is 11.5. The number of likely N-dealkylation sites (tertiary alicyclic amines) is 1. The number of rotatable bonds is 6. The number of aromatic nitrogens is 1. The summed E-state index contributed by atoms with van der Waals surface area (Å²) in [5.74, 6) is 0.258. The fourth-order valence-corrected chi connectivity index (χ4v) is 5.70. The molecule has 7 heteroatoms. The van der Waals surface area contributed by atoms with Crippen LogP contribution in [0, 0.1) is 0 Å². The van der Waals surface area contributed by atoms with Crippen LogP contribution in [0.5, 0.6) is 0 Å². The van der Waals surface area contributed by atoms with Gasteiger partial charge >= 0.3 is 6.03 Å². The maximum atomic E-state index is 12.7. The van der Waals surface area contributed by atoms with E-state index in [0.29, 0.717) is 29.8 Å². The van der Waals surface area contributed by atoms with Gasteiger partial charge in [0.1, 0.15) is 11.4 Å². The lowest BCUT2D eigenvalue weighted by atomic mass is 9.73. The summed E-state index contributed by atoms with van der Waals surface area (Å²) >= 11 is 6.56. The van der Waals surface area contributed by atoms with E-state index in [0.717, 1.165) is 49.7 Å². The van der Waals surface area contributed by atoms with Gasteiger partial charge in [0, 0.05) is 54.1 Å². The summed E-state index contributed by atoms with van der Waals surface area (Å²) in [4.78, 5) is 31.9. The monoisotopic (exact) mass is 430 g/mol. The summed E-state index contributed by atoms with van der Waals surface area (Å²) in [6.07, 6.45) is 3.73. The number of nitrogens with one attached hydrogen (secondary N) is 2. The highest BCUT2D eigenvalue weighted by Gasteiger charge is 2.42. The van der Waals surface area contributed by atoms with E-state index >= 15 is 0 Å². The minimum absolute atomic E-state index is 0.00729.